The summed E-state index contributed by atoms with van der Waals surface area (Å²) < 4.78 is 0. The van der Waals surface area contributed by atoms with Crippen molar-refractivity contribution >= 4 is 34.9 Å². The van der Waals surface area contributed by atoms with E-state index in [4.69, 9.17) is 0 Å². The lowest BCUT2D eigenvalue weighted by molar-refractivity contribution is -0.385. The monoisotopic (exact) mass is 344 g/mol. The van der Waals surface area contributed by atoms with Gasteiger partial charge in [-0.3, -0.25) is 31.1 Å². The van der Waals surface area contributed by atoms with E-state index in [0.29, 0.717) is 17.3 Å². The molecule has 2 aromatic rings. The Kier molecular flexibility index (Phi) is 5.60. The quantitative estimate of drug-likeness (QED) is 0.439. The molecule has 2 N–H and O–H groups in total. The third-order valence-corrected chi connectivity index (χ3v) is 2.69. The molecule has 0 aromatic carbocycles. The maximum Gasteiger partial charge on any atom is 0.287 e. The number of hydrogen-bond acceptors (Lipinski definition) is 10. The average molecular weight is 344 g/mol. The van der Waals surface area contributed by atoms with Crippen molar-refractivity contribution in [3.8, 4) is 0 Å². The summed E-state index contributed by atoms with van der Waals surface area (Å²) in [6, 6.07) is 5.44. The maximum absolute atomic E-state index is 10.5. The standard InChI is InChI=1S/C13H12N8O4/c1-9(17-19-13-5-3-11(8-15-13)21(24)25)6-16-18-12-4-2-10(7-14-12)20(22)23/h2-8H,1H3,(H,14,18)(H,15,19)/b16-6-,17-9+. The summed E-state index contributed by atoms with van der Waals surface area (Å²) in [7, 11) is 0. The van der Waals surface area contributed by atoms with E-state index in [1.165, 1.54) is 30.5 Å². The summed E-state index contributed by atoms with van der Waals surface area (Å²) in [5.74, 6) is 0.669. The van der Waals surface area contributed by atoms with Gasteiger partial charge in [0.2, 0.25) is 0 Å². The Morgan fingerprint density at radius 2 is 1.52 bits per heavy atom. The molecule has 0 spiro atoms. The van der Waals surface area contributed by atoms with Crippen LogP contribution < -0.4 is 10.9 Å². The van der Waals surface area contributed by atoms with Crippen molar-refractivity contribution in [2.24, 2.45) is 10.2 Å². The molecule has 2 heterocycles. The summed E-state index contributed by atoms with van der Waals surface area (Å²) >= 11 is 0. The van der Waals surface area contributed by atoms with Crippen LogP contribution in [0.3, 0.4) is 0 Å². The Morgan fingerprint density at radius 1 is 1.00 bits per heavy atom. The van der Waals surface area contributed by atoms with Gasteiger partial charge in [0.1, 0.15) is 24.0 Å². The third-order valence-electron chi connectivity index (χ3n) is 2.69. The molecule has 25 heavy (non-hydrogen) atoms. The van der Waals surface area contributed by atoms with Crippen molar-refractivity contribution in [3.05, 3.63) is 56.9 Å². The van der Waals surface area contributed by atoms with Crippen molar-refractivity contribution in [1.82, 2.24) is 9.97 Å². The van der Waals surface area contributed by atoms with Crippen LogP contribution in [0, 0.1) is 20.2 Å². The fourth-order valence-electron chi connectivity index (χ4n) is 1.49. The fraction of sp³-hybridized carbons (Fsp3) is 0.0769. The minimum atomic E-state index is -0.547. The van der Waals surface area contributed by atoms with Gasteiger partial charge in [0.15, 0.2) is 0 Å². The second kappa shape index (κ2) is 8.05. The van der Waals surface area contributed by atoms with Crippen LogP contribution in [0.25, 0.3) is 0 Å². The molecule has 0 fully saturated rings. The number of hydrogen-bond donors (Lipinski definition) is 2. The second-order valence-electron chi connectivity index (χ2n) is 4.55. The second-order valence-corrected chi connectivity index (χ2v) is 4.55. The largest absolute Gasteiger partial charge is 0.287 e. The van der Waals surface area contributed by atoms with Gasteiger partial charge in [0, 0.05) is 12.1 Å². The number of hydrazone groups is 2. The van der Waals surface area contributed by atoms with Crippen LogP contribution in [0.1, 0.15) is 6.92 Å². The molecule has 0 unspecified atom stereocenters. The summed E-state index contributed by atoms with van der Waals surface area (Å²) in [5.41, 5.74) is 5.46. The van der Waals surface area contributed by atoms with Crippen LogP contribution >= 0.6 is 0 Å². The summed E-state index contributed by atoms with van der Waals surface area (Å²) in [4.78, 5) is 27.6. The molecule has 2 aromatic heterocycles. The van der Waals surface area contributed by atoms with Gasteiger partial charge in [-0.15, -0.1) is 0 Å². The smallest absolute Gasteiger partial charge is 0.261 e. The van der Waals surface area contributed by atoms with E-state index in [2.05, 4.69) is 31.0 Å². The molecule has 2 rings (SSSR count). The Morgan fingerprint density at radius 3 is 1.96 bits per heavy atom. The zero-order chi connectivity index (χ0) is 18.2. The normalized spacial score (nSPS) is 11.3. The lowest BCUT2D eigenvalue weighted by Gasteiger charge is -2.00. The lowest BCUT2D eigenvalue weighted by Crippen LogP contribution is -2.02. The average Bonchev–Trinajstić information content (AvgIpc) is 2.60. The van der Waals surface area contributed by atoms with Crippen LogP contribution in [0.15, 0.2) is 46.9 Å². The first-order valence-electron chi connectivity index (χ1n) is 6.76. The molecule has 128 valence electrons. The Bertz CT molecular complexity index is 817. The maximum atomic E-state index is 10.5. The third kappa shape index (κ3) is 5.31. The molecule has 0 radical (unpaired) electrons. The highest BCUT2D eigenvalue weighted by molar-refractivity contribution is 6.29. The van der Waals surface area contributed by atoms with Crippen LogP contribution in [0.4, 0.5) is 23.0 Å². The van der Waals surface area contributed by atoms with E-state index in [-0.39, 0.29) is 11.4 Å². The van der Waals surface area contributed by atoms with Gasteiger partial charge in [0.05, 0.1) is 21.8 Å². The summed E-state index contributed by atoms with van der Waals surface area (Å²) in [5, 5.41) is 28.9. The summed E-state index contributed by atoms with van der Waals surface area (Å²) in [6.45, 7) is 1.66. The van der Waals surface area contributed by atoms with Crippen molar-refractivity contribution < 1.29 is 9.85 Å². The number of anilines is 2. The first-order valence-corrected chi connectivity index (χ1v) is 6.76. The van der Waals surface area contributed by atoms with Crippen LogP contribution in [-0.4, -0.2) is 31.7 Å². The molecular formula is C13H12N8O4. The highest BCUT2D eigenvalue weighted by Crippen LogP contribution is 2.12. The molecule has 0 saturated heterocycles. The lowest BCUT2D eigenvalue weighted by atomic mass is 10.4. The molecule has 0 bridgehead atoms. The number of nitrogens with zero attached hydrogens (tertiary/aromatic N) is 6. The zero-order valence-corrected chi connectivity index (χ0v) is 12.9. The molecule has 0 amide bonds. The van der Waals surface area contributed by atoms with Gasteiger partial charge in [-0.05, 0) is 19.1 Å². The first-order chi connectivity index (χ1) is 12.0. The van der Waals surface area contributed by atoms with Crippen LogP contribution in [0.2, 0.25) is 0 Å². The van der Waals surface area contributed by atoms with Crippen molar-refractivity contribution in [2.75, 3.05) is 10.9 Å². The van der Waals surface area contributed by atoms with E-state index < -0.39 is 9.85 Å². The van der Waals surface area contributed by atoms with Gasteiger partial charge < -0.3 is 0 Å². The summed E-state index contributed by atoms with van der Waals surface area (Å²) in [6.07, 6.45) is 3.62. The van der Waals surface area contributed by atoms with Gasteiger partial charge in [-0.1, -0.05) is 0 Å². The van der Waals surface area contributed by atoms with Gasteiger partial charge in [-0.25, -0.2) is 9.97 Å². The molecule has 0 atom stereocenters. The molecule has 0 aliphatic heterocycles. The van der Waals surface area contributed by atoms with E-state index in [1.54, 1.807) is 6.92 Å². The van der Waals surface area contributed by atoms with Crippen LogP contribution in [0.5, 0.6) is 0 Å². The highest BCUT2D eigenvalue weighted by atomic mass is 16.6. The molecule has 0 aliphatic rings. The van der Waals surface area contributed by atoms with Crippen molar-refractivity contribution in [3.63, 3.8) is 0 Å². The van der Waals surface area contributed by atoms with E-state index in [0.717, 1.165) is 12.4 Å². The predicted molar refractivity (Wildman–Crippen MR) is 90.6 cm³/mol. The Hall–Kier alpha value is -3.96. The minimum absolute atomic E-state index is 0.118. The molecule has 0 saturated carbocycles. The van der Waals surface area contributed by atoms with Crippen molar-refractivity contribution in [1.29, 1.82) is 0 Å². The van der Waals surface area contributed by atoms with E-state index in [1.807, 2.05) is 0 Å². The number of nitrogens with one attached hydrogen (secondary N) is 2. The number of rotatable bonds is 7. The minimum Gasteiger partial charge on any atom is -0.261 e. The van der Waals surface area contributed by atoms with E-state index in [9.17, 15) is 20.2 Å². The highest BCUT2D eigenvalue weighted by Gasteiger charge is 2.05. The van der Waals surface area contributed by atoms with Gasteiger partial charge >= 0.3 is 0 Å². The fourth-order valence-corrected chi connectivity index (χ4v) is 1.49. The topological polar surface area (TPSA) is 161 Å². The number of pyridine rings is 2. The molecule has 12 heteroatoms. The molecular weight excluding hydrogens is 332 g/mol. The Balaban J connectivity index is 1.88. The van der Waals surface area contributed by atoms with Gasteiger partial charge in [0.25, 0.3) is 11.4 Å². The number of nitro groups is 2. The van der Waals surface area contributed by atoms with Crippen molar-refractivity contribution in [2.45, 2.75) is 6.92 Å². The Labute approximate surface area is 140 Å². The zero-order valence-electron chi connectivity index (χ0n) is 12.9. The number of aromatic nitrogens is 2. The first kappa shape index (κ1) is 17.4. The molecule has 12 nitrogen and oxygen atoms in total. The SMILES string of the molecule is CC(/C=N\Nc1ccc([N+](=O)[O-])cn1)=N\Nc1ccc([N+](=O)[O-])cn1. The van der Waals surface area contributed by atoms with Gasteiger partial charge in [-0.2, -0.15) is 10.2 Å². The molecule has 0 aliphatic carbocycles. The van der Waals surface area contributed by atoms with E-state index >= 15 is 0 Å². The predicted octanol–water partition coefficient (Wildman–Crippen LogP) is 2.18. The van der Waals surface area contributed by atoms with Crippen LogP contribution in [-0.2, 0) is 0 Å².